The van der Waals surface area contributed by atoms with Crippen LogP contribution in [0.2, 0.25) is 0 Å². The number of amides is 1. The smallest absolute Gasteiger partial charge is 0.263 e. The van der Waals surface area contributed by atoms with E-state index in [1.807, 2.05) is 6.92 Å². The first kappa shape index (κ1) is 17.6. The van der Waals surface area contributed by atoms with Crippen LogP contribution in [0.25, 0.3) is 0 Å². The number of carbonyl (C=O) groups is 1. The van der Waals surface area contributed by atoms with Gasteiger partial charge in [0.05, 0.1) is 12.0 Å². The molecule has 1 N–H and O–H groups in total. The molecule has 142 valence electrons. The van der Waals surface area contributed by atoms with Gasteiger partial charge in [-0.15, -0.1) is 0 Å². The Bertz CT molecular complexity index is 890. The van der Waals surface area contributed by atoms with Crippen LogP contribution in [-0.2, 0) is 0 Å². The Morgan fingerprint density at radius 3 is 2.78 bits per heavy atom. The molecule has 2 aromatic heterocycles. The molecule has 2 fully saturated rings. The normalized spacial score (nSPS) is 20.1. The molecular weight excluding hydrogens is 344 g/mol. The number of carbonyl (C=O) groups excluding carboxylic acids is 1. The second-order valence-electron chi connectivity index (χ2n) is 7.28. The number of rotatable bonds is 3. The molecule has 2 saturated heterocycles. The molecule has 0 saturated carbocycles. The van der Waals surface area contributed by atoms with Crippen LogP contribution in [0.15, 0.2) is 23.4 Å². The highest BCUT2D eigenvalue weighted by Gasteiger charge is 2.28. The first-order valence-corrected chi connectivity index (χ1v) is 9.54. The largest absolute Gasteiger partial charge is 0.357 e. The fourth-order valence-corrected chi connectivity index (χ4v) is 3.96. The van der Waals surface area contributed by atoms with Crippen molar-refractivity contribution >= 4 is 11.7 Å². The van der Waals surface area contributed by atoms with Crippen molar-refractivity contribution in [3.8, 4) is 0 Å². The Morgan fingerprint density at radius 2 is 2.00 bits per heavy atom. The van der Waals surface area contributed by atoms with Crippen LogP contribution in [0.4, 0.5) is 5.82 Å². The summed E-state index contributed by atoms with van der Waals surface area (Å²) in [5.74, 6) is 1.64. The molecule has 2 aliphatic rings. The Balaban J connectivity index is 1.55. The van der Waals surface area contributed by atoms with Crippen molar-refractivity contribution in [3.63, 3.8) is 0 Å². The van der Waals surface area contributed by atoms with Crippen molar-refractivity contribution in [2.24, 2.45) is 0 Å². The Labute approximate surface area is 157 Å². The summed E-state index contributed by atoms with van der Waals surface area (Å²) in [5.41, 5.74) is 0.683. The van der Waals surface area contributed by atoms with Gasteiger partial charge in [-0.2, -0.15) is 0 Å². The van der Waals surface area contributed by atoms with E-state index in [2.05, 4.69) is 30.9 Å². The molecule has 8 nitrogen and oxygen atoms in total. The average Bonchev–Trinajstić information content (AvgIpc) is 3.22. The molecule has 0 radical (unpaired) electrons. The van der Waals surface area contributed by atoms with Gasteiger partial charge in [0, 0.05) is 44.4 Å². The highest BCUT2D eigenvalue weighted by molar-refractivity contribution is 5.93. The zero-order valence-corrected chi connectivity index (χ0v) is 15.5. The fraction of sp³-hybridized carbons (Fsp3) is 0.526. The SMILES string of the molecule is Cc1nc([C@@H]2CCCN(C(=O)c3cnc[nH]c3=O)C2)cc(N2CCCC2)n1. The molecule has 2 aliphatic heterocycles. The lowest BCUT2D eigenvalue weighted by Crippen LogP contribution is -2.41. The van der Waals surface area contributed by atoms with E-state index in [1.165, 1.54) is 25.4 Å². The van der Waals surface area contributed by atoms with Crippen LogP contribution in [0.5, 0.6) is 0 Å². The van der Waals surface area contributed by atoms with Gasteiger partial charge in [0.1, 0.15) is 17.2 Å². The number of piperidine rings is 1. The summed E-state index contributed by atoms with van der Waals surface area (Å²) < 4.78 is 0. The van der Waals surface area contributed by atoms with Crippen LogP contribution in [0.3, 0.4) is 0 Å². The third-order valence-corrected chi connectivity index (χ3v) is 5.35. The lowest BCUT2D eigenvalue weighted by Gasteiger charge is -2.32. The second kappa shape index (κ2) is 7.46. The summed E-state index contributed by atoms with van der Waals surface area (Å²) in [7, 11) is 0. The molecule has 4 rings (SSSR count). The van der Waals surface area contributed by atoms with Gasteiger partial charge >= 0.3 is 0 Å². The Morgan fingerprint density at radius 1 is 1.19 bits per heavy atom. The molecule has 27 heavy (non-hydrogen) atoms. The predicted molar refractivity (Wildman–Crippen MR) is 101 cm³/mol. The standard InChI is InChI=1S/C19H24N6O2/c1-13-22-16(9-17(23-13)24-6-2-3-7-24)14-5-4-8-25(11-14)19(27)15-10-20-12-21-18(15)26/h9-10,12,14H,2-8,11H2,1H3,(H,20,21,26)/t14-/m1/s1. The van der Waals surface area contributed by atoms with E-state index in [0.29, 0.717) is 13.1 Å². The van der Waals surface area contributed by atoms with Crippen molar-refractivity contribution < 1.29 is 4.79 Å². The highest BCUT2D eigenvalue weighted by Crippen LogP contribution is 2.29. The summed E-state index contributed by atoms with van der Waals surface area (Å²) in [4.78, 5) is 44.3. The van der Waals surface area contributed by atoms with Gasteiger partial charge in [-0.3, -0.25) is 9.59 Å². The number of H-pyrrole nitrogens is 1. The summed E-state index contributed by atoms with van der Waals surface area (Å²) in [5, 5.41) is 0. The van der Waals surface area contributed by atoms with Crippen molar-refractivity contribution in [1.82, 2.24) is 24.8 Å². The van der Waals surface area contributed by atoms with Crippen LogP contribution in [-0.4, -0.2) is 56.9 Å². The van der Waals surface area contributed by atoms with Crippen molar-refractivity contribution in [2.45, 2.75) is 38.5 Å². The average molecular weight is 368 g/mol. The molecule has 1 amide bonds. The number of aryl methyl sites for hydroxylation is 1. The van der Waals surface area contributed by atoms with Crippen molar-refractivity contribution in [3.05, 3.63) is 46.0 Å². The maximum atomic E-state index is 12.8. The van der Waals surface area contributed by atoms with Crippen LogP contribution < -0.4 is 10.5 Å². The Kier molecular flexibility index (Phi) is 4.87. The molecule has 2 aromatic rings. The van der Waals surface area contributed by atoms with Gasteiger partial charge in [-0.05, 0) is 32.6 Å². The van der Waals surface area contributed by atoms with E-state index in [-0.39, 0.29) is 17.4 Å². The molecule has 0 spiro atoms. The number of aromatic amines is 1. The minimum absolute atomic E-state index is 0.0924. The third kappa shape index (κ3) is 3.70. The molecule has 0 aromatic carbocycles. The molecule has 0 aliphatic carbocycles. The molecular formula is C19H24N6O2. The summed E-state index contributed by atoms with van der Waals surface area (Å²) in [6.45, 7) is 5.20. The number of anilines is 1. The molecule has 4 heterocycles. The molecule has 0 bridgehead atoms. The topological polar surface area (TPSA) is 95.1 Å². The molecule has 1 atom stereocenters. The van der Waals surface area contributed by atoms with E-state index >= 15 is 0 Å². The minimum Gasteiger partial charge on any atom is -0.357 e. The number of likely N-dealkylation sites (tertiary alicyclic amines) is 1. The monoisotopic (exact) mass is 368 g/mol. The maximum absolute atomic E-state index is 12.8. The van der Waals surface area contributed by atoms with E-state index in [0.717, 1.165) is 43.3 Å². The minimum atomic E-state index is -0.397. The lowest BCUT2D eigenvalue weighted by atomic mass is 9.94. The van der Waals surface area contributed by atoms with Gasteiger partial charge < -0.3 is 14.8 Å². The number of nitrogens with zero attached hydrogens (tertiary/aromatic N) is 5. The summed E-state index contributed by atoms with van der Waals surface area (Å²) >= 11 is 0. The highest BCUT2D eigenvalue weighted by atomic mass is 16.2. The zero-order valence-electron chi connectivity index (χ0n) is 15.5. The molecule has 0 unspecified atom stereocenters. The van der Waals surface area contributed by atoms with E-state index in [4.69, 9.17) is 0 Å². The second-order valence-corrected chi connectivity index (χ2v) is 7.28. The summed E-state index contributed by atoms with van der Waals surface area (Å²) in [6, 6.07) is 2.08. The van der Waals surface area contributed by atoms with Gasteiger partial charge in [-0.25, -0.2) is 15.0 Å². The predicted octanol–water partition coefficient (Wildman–Crippen LogP) is 1.49. The molecule has 8 heteroatoms. The van der Waals surface area contributed by atoms with Crippen LogP contribution in [0.1, 0.15) is 53.5 Å². The van der Waals surface area contributed by atoms with Crippen LogP contribution in [0, 0.1) is 6.92 Å². The first-order valence-electron chi connectivity index (χ1n) is 9.54. The maximum Gasteiger partial charge on any atom is 0.263 e. The summed E-state index contributed by atoms with van der Waals surface area (Å²) in [6.07, 6.45) is 6.89. The van der Waals surface area contributed by atoms with E-state index in [9.17, 15) is 9.59 Å². The number of nitrogens with one attached hydrogen (secondary N) is 1. The van der Waals surface area contributed by atoms with Gasteiger partial charge in [0.25, 0.3) is 11.5 Å². The lowest BCUT2D eigenvalue weighted by molar-refractivity contribution is 0.0703. The zero-order chi connectivity index (χ0) is 18.8. The van der Waals surface area contributed by atoms with Gasteiger partial charge in [0.2, 0.25) is 0 Å². The number of hydrogen-bond acceptors (Lipinski definition) is 6. The van der Waals surface area contributed by atoms with Gasteiger partial charge in [0.15, 0.2) is 0 Å². The van der Waals surface area contributed by atoms with Crippen LogP contribution >= 0.6 is 0 Å². The van der Waals surface area contributed by atoms with E-state index < -0.39 is 5.56 Å². The van der Waals surface area contributed by atoms with E-state index in [1.54, 1.807) is 4.90 Å². The third-order valence-electron chi connectivity index (χ3n) is 5.35. The first-order chi connectivity index (χ1) is 13.1. The van der Waals surface area contributed by atoms with Crippen molar-refractivity contribution in [2.75, 3.05) is 31.1 Å². The quantitative estimate of drug-likeness (QED) is 0.882. The number of hydrogen-bond donors (Lipinski definition) is 1. The fourth-order valence-electron chi connectivity index (χ4n) is 3.96. The van der Waals surface area contributed by atoms with Crippen molar-refractivity contribution in [1.29, 1.82) is 0 Å². The Hall–Kier alpha value is -2.77. The number of aromatic nitrogens is 4. The van der Waals surface area contributed by atoms with Gasteiger partial charge in [-0.1, -0.05) is 0 Å².